The van der Waals surface area contributed by atoms with E-state index in [0.717, 1.165) is 47.8 Å². The first-order valence-corrected chi connectivity index (χ1v) is 10.7. The highest BCUT2D eigenvalue weighted by Crippen LogP contribution is 2.42. The van der Waals surface area contributed by atoms with Gasteiger partial charge in [-0.3, -0.25) is 0 Å². The van der Waals surface area contributed by atoms with Gasteiger partial charge in [0.2, 0.25) is 0 Å². The van der Waals surface area contributed by atoms with Crippen LogP contribution in [0.25, 0.3) is 0 Å². The van der Waals surface area contributed by atoms with Gasteiger partial charge in [-0.25, -0.2) is 0 Å². The minimum atomic E-state index is 0.756. The molecular weight excluding hydrogens is 280 g/mol. The SMILES string of the molecule is CC(C)C1CCC2CCC3CCC(C4CCCCC4)NC3C2N1. The fraction of sp³-hybridized carbons (Fsp3) is 1.00. The van der Waals surface area contributed by atoms with Crippen molar-refractivity contribution in [2.24, 2.45) is 23.7 Å². The average Bonchev–Trinajstić information content (AvgIpc) is 2.61. The van der Waals surface area contributed by atoms with Crippen LogP contribution in [0.5, 0.6) is 0 Å². The lowest BCUT2D eigenvalue weighted by atomic mass is 9.65. The minimum Gasteiger partial charge on any atom is -0.309 e. The molecule has 2 heterocycles. The summed E-state index contributed by atoms with van der Waals surface area (Å²) in [7, 11) is 0. The third-order valence-corrected chi connectivity index (χ3v) is 7.84. The maximum Gasteiger partial charge on any atom is 0.0254 e. The molecule has 0 amide bonds. The summed E-state index contributed by atoms with van der Waals surface area (Å²) in [6.07, 6.45) is 16.2. The average molecular weight is 319 g/mol. The smallest absolute Gasteiger partial charge is 0.0254 e. The molecule has 2 aliphatic heterocycles. The number of piperidine rings is 2. The molecular formula is C21H38N2. The van der Waals surface area contributed by atoms with E-state index in [4.69, 9.17) is 0 Å². The Hall–Kier alpha value is -0.0800. The summed E-state index contributed by atoms with van der Waals surface area (Å²) in [6, 6.07) is 3.13. The third-order valence-electron chi connectivity index (χ3n) is 7.84. The van der Waals surface area contributed by atoms with Crippen LogP contribution in [0.15, 0.2) is 0 Å². The summed E-state index contributed by atoms with van der Waals surface area (Å²) in [5.41, 5.74) is 0. The van der Waals surface area contributed by atoms with E-state index in [1.807, 2.05) is 0 Å². The molecule has 2 heteroatoms. The second-order valence-corrected chi connectivity index (χ2v) is 9.49. The van der Waals surface area contributed by atoms with Crippen molar-refractivity contribution in [1.29, 1.82) is 0 Å². The van der Waals surface area contributed by atoms with Gasteiger partial charge in [-0.1, -0.05) is 33.1 Å². The predicted molar refractivity (Wildman–Crippen MR) is 97.5 cm³/mol. The maximum absolute atomic E-state index is 4.22. The van der Waals surface area contributed by atoms with E-state index in [2.05, 4.69) is 24.5 Å². The Labute approximate surface area is 143 Å². The van der Waals surface area contributed by atoms with Crippen LogP contribution in [0.3, 0.4) is 0 Å². The number of hydrogen-bond donors (Lipinski definition) is 2. The van der Waals surface area contributed by atoms with Gasteiger partial charge >= 0.3 is 0 Å². The van der Waals surface area contributed by atoms with Gasteiger partial charge in [0.1, 0.15) is 0 Å². The van der Waals surface area contributed by atoms with Gasteiger partial charge in [0, 0.05) is 24.2 Å². The zero-order valence-corrected chi connectivity index (χ0v) is 15.4. The van der Waals surface area contributed by atoms with Crippen LogP contribution < -0.4 is 10.6 Å². The molecule has 6 atom stereocenters. The number of rotatable bonds is 2. The highest BCUT2D eigenvalue weighted by molar-refractivity contribution is 5.04. The molecule has 0 aromatic rings. The van der Waals surface area contributed by atoms with Crippen LogP contribution in [0.4, 0.5) is 0 Å². The molecule has 0 radical (unpaired) electrons. The first-order valence-electron chi connectivity index (χ1n) is 10.7. The largest absolute Gasteiger partial charge is 0.309 e. The van der Waals surface area contributed by atoms with E-state index < -0.39 is 0 Å². The lowest BCUT2D eigenvalue weighted by Gasteiger charge is -2.53. The lowest BCUT2D eigenvalue weighted by Crippen LogP contribution is -2.66. The van der Waals surface area contributed by atoms with Crippen LogP contribution in [0.2, 0.25) is 0 Å². The van der Waals surface area contributed by atoms with Gasteiger partial charge in [0.15, 0.2) is 0 Å². The molecule has 23 heavy (non-hydrogen) atoms. The van der Waals surface area contributed by atoms with Crippen molar-refractivity contribution in [3.63, 3.8) is 0 Å². The first-order chi connectivity index (χ1) is 11.2. The van der Waals surface area contributed by atoms with Crippen molar-refractivity contribution < 1.29 is 0 Å². The molecule has 0 bridgehead atoms. The van der Waals surface area contributed by atoms with Crippen LogP contribution >= 0.6 is 0 Å². The summed E-state index contributed by atoms with van der Waals surface area (Å²) in [6.45, 7) is 4.80. The highest BCUT2D eigenvalue weighted by Gasteiger charge is 2.45. The van der Waals surface area contributed by atoms with Crippen molar-refractivity contribution in [2.45, 2.75) is 109 Å². The van der Waals surface area contributed by atoms with Crippen molar-refractivity contribution in [1.82, 2.24) is 10.6 Å². The maximum atomic E-state index is 4.22. The monoisotopic (exact) mass is 318 g/mol. The van der Waals surface area contributed by atoms with Gasteiger partial charge in [-0.05, 0) is 75.0 Å². The fourth-order valence-corrected chi connectivity index (χ4v) is 6.38. The number of fused-ring (bicyclic) bond motifs is 3. The molecule has 4 fully saturated rings. The van der Waals surface area contributed by atoms with E-state index in [9.17, 15) is 0 Å². The Morgan fingerprint density at radius 3 is 1.91 bits per heavy atom. The zero-order valence-electron chi connectivity index (χ0n) is 15.4. The zero-order chi connectivity index (χ0) is 15.8. The van der Waals surface area contributed by atoms with Crippen molar-refractivity contribution >= 4 is 0 Å². The van der Waals surface area contributed by atoms with Crippen molar-refractivity contribution in [3.8, 4) is 0 Å². The Balaban J connectivity index is 1.44. The molecule has 2 aliphatic carbocycles. The van der Waals surface area contributed by atoms with Crippen LogP contribution in [0.1, 0.15) is 84.5 Å². The summed E-state index contributed by atoms with van der Waals surface area (Å²) in [5, 5.41) is 8.34. The van der Waals surface area contributed by atoms with E-state index in [1.54, 1.807) is 0 Å². The normalized spacial score (nSPS) is 45.5. The topological polar surface area (TPSA) is 24.1 Å². The summed E-state index contributed by atoms with van der Waals surface area (Å²) in [5.74, 6) is 3.67. The predicted octanol–water partition coefficient (Wildman–Crippen LogP) is 4.49. The van der Waals surface area contributed by atoms with Gasteiger partial charge in [0.05, 0.1) is 0 Å². The van der Waals surface area contributed by atoms with Crippen LogP contribution in [-0.4, -0.2) is 24.2 Å². The van der Waals surface area contributed by atoms with E-state index in [1.165, 1.54) is 70.6 Å². The van der Waals surface area contributed by atoms with Crippen molar-refractivity contribution in [2.75, 3.05) is 0 Å². The third kappa shape index (κ3) is 3.35. The number of hydrogen-bond acceptors (Lipinski definition) is 2. The number of nitrogens with one attached hydrogen (secondary N) is 2. The standard InChI is InChI=1S/C21H38N2/c1-14(2)18-12-10-16-8-9-17-11-13-19(15-6-4-3-5-7-15)23-21(17)20(16)22-18/h14-23H,3-13H2,1-2H3. The molecule has 4 rings (SSSR count). The van der Waals surface area contributed by atoms with Gasteiger partial charge < -0.3 is 10.6 Å². The summed E-state index contributed by atoms with van der Waals surface area (Å²) < 4.78 is 0. The molecule has 4 aliphatic rings. The van der Waals surface area contributed by atoms with Gasteiger partial charge in [0.25, 0.3) is 0 Å². The molecule has 0 aromatic carbocycles. The summed E-state index contributed by atoms with van der Waals surface area (Å²) in [4.78, 5) is 0. The minimum absolute atomic E-state index is 0.756. The van der Waals surface area contributed by atoms with Crippen molar-refractivity contribution in [3.05, 3.63) is 0 Å². The van der Waals surface area contributed by atoms with Crippen LogP contribution in [-0.2, 0) is 0 Å². The molecule has 2 saturated carbocycles. The van der Waals surface area contributed by atoms with E-state index >= 15 is 0 Å². The quantitative estimate of drug-likeness (QED) is 0.784. The fourth-order valence-electron chi connectivity index (χ4n) is 6.38. The summed E-state index contributed by atoms with van der Waals surface area (Å²) >= 11 is 0. The van der Waals surface area contributed by atoms with Gasteiger partial charge in [-0.15, -0.1) is 0 Å². The Bertz CT molecular complexity index is 387. The molecule has 0 aromatic heterocycles. The second-order valence-electron chi connectivity index (χ2n) is 9.49. The molecule has 6 unspecified atom stereocenters. The molecule has 2 saturated heterocycles. The van der Waals surface area contributed by atoms with E-state index in [0.29, 0.717) is 0 Å². The lowest BCUT2D eigenvalue weighted by molar-refractivity contribution is 0.0436. The Morgan fingerprint density at radius 2 is 1.22 bits per heavy atom. The van der Waals surface area contributed by atoms with Gasteiger partial charge in [-0.2, -0.15) is 0 Å². The first kappa shape index (κ1) is 16.4. The Morgan fingerprint density at radius 1 is 0.609 bits per heavy atom. The van der Waals surface area contributed by atoms with E-state index in [-0.39, 0.29) is 0 Å². The molecule has 2 nitrogen and oxygen atoms in total. The Kier molecular flexibility index (Phi) is 5.02. The second kappa shape index (κ2) is 7.04. The molecule has 2 N–H and O–H groups in total. The molecule has 0 spiro atoms. The molecule has 132 valence electrons. The highest BCUT2D eigenvalue weighted by atomic mass is 15.1. The van der Waals surface area contributed by atoms with Crippen LogP contribution in [0, 0.1) is 23.7 Å².